The van der Waals surface area contributed by atoms with Gasteiger partial charge < -0.3 is 18.9 Å². The number of carbonyl (C=O) groups is 1. The van der Waals surface area contributed by atoms with Crippen molar-refractivity contribution in [2.75, 3.05) is 19.5 Å². The number of amides is 1. The minimum absolute atomic E-state index is 0.0263. The topological polar surface area (TPSA) is 123 Å². The number of halogens is 2. The number of nitrogens with one attached hydrogen (secondary N) is 1. The summed E-state index contributed by atoms with van der Waals surface area (Å²) in [6, 6.07) is 13.3. The summed E-state index contributed by atoms with van der Waals surface area (Å²) in [7, 11) is 3.00. The highest BCUT2D eigenvalue weighted by atomic mass is 19.1. The molecule has 0 fully saturated rings. The van der Waals surface area contributed by atoms with Crippen molar-refractivity contribution in [1.29, 1.82) is 0 Å². The van der Waals surface area contributed by atoms with Crippen LogP contribution in [0.2, 0.25) is 0 Å². The Morgan fingerprint density at radius 3 is 2.36 bits per heavy atom. The first kappa shape index (κ1) is 29.5. The number of hydrogen-bond acceptors (Lipinski definition) is 8. The number of aromatic nitrogens is 3. The van der Waals surface area contributed by atoms with Crippen LogP contribution in [0.5, 0.6) is 28.7 Å². The first-order valence-corrected chi connectivity index (χ1v) is 12.9. The Morgan fingerprint density at radius 1 is 0.955 bits per heavy atom. The molecule has 13 heteroatoms. The highest BCUT2D eigenvalue weighted by Gasteiger charge is 2.18. The number of benzene rings is 3. The molecule has 0 radical (unpaired) electrons. The Morgan fingerprint density at radius 2 is 1.68 bits per heavy atom. The van der Waals surface area contributed by atoms with E-state index in [4.69, 9.17) is 18.9 Å². The van der Waals surface area contributed by atoms with E-state index in [1.807, 2.05) is 0 Å². The number of fused-ring (bicyclic) bond motifs is 1. The van der Waals surface area contributed by atoms with Crippen molar-refractivity contribution >= 4 is 22.7 Å². The van der Waals surface area contributed by atoms with Gasteiger partial charge in [0, 0.05) is 30.3 Å². The first-order valence-electron chi connectivity index (χ1n) is 12.9. The molecule has 3 aromatic carbocycles. The molecule has 0 aliphatic carbocycles. The van der Waals surface area contributed by atoms with Gasteiger partial charge in [-0.25, -0.2) is 22.9 Å². The normalized spacial score (nSPS) is 10.7. The molecule has 2 aromatic heterocycles. The highest BCUT2D eigenvalue weighted by Crippen LogP contribution is 2.37. The Bertz CT molecular complexity index is 2010. The lowest BCUT2D eigenvalue weighted by molar-refractivity contribution is 0.213. The summed E-state index contributed by atoms with van der Waals surface area (Å²) in [5, 5.41) is 2.81. The second-order valence-electron chi connectivity index (χ2n) is 9.13. The van der Waals surface area contributed by atoms with Gasteiger partial charge in [-0.15, -0.1) is 6.58 Å². The number of methoxy groups -OCH3 is 2. The van der Waals surface area contributed by atoms with Gasteiger partial charge in [-0.05, 0) is 48.5 Å². The summed E-state index contributed by atoms with van der Waals surface area (Å²) in [4.78, 5) is 43.0. The average Bonchev–Trinajstić information content (AvgIpc) is 3.01. The standard InChI is InChI=1S/C31H24F2N4O7/c1-4-13-36-17-28(29(38)37(31(36)40)19-7-5-18(32)6-8-19)44-30(39)35-23-10-9-20(14-22(23)33)43-25-11-12-34-24-16-27(42-3)26(41-2)15-21(24)25/h4-12,14-17H,1,13H2,2-3H3,(H,35,39). The molecule has 0 saturated heterocycles. The maximum Gasteiger partial charge on any atom is 0.417 e. The van der Waals surface area contributed by atoms with Gasteiger partial charge in [-0.1, -0.05) is 6.08 Å². The van der Waals surface area contributed by atoms with Crippen LogP contribution < -0.4 is 35.5 Å². The van der Waals surface area contributed by atoms with Crippen LogP contribution in [0, 0.1) is 11.6 Å². The van der Waals surface area contributed by atoms with E-state index in [0.29, 0.717) is 32.7 Å². The zero-order valence-electron chi connectivity index (χ0n) is 23.4. The van der Waals surface area contributed by atoms with Gasteiger partial charge in [0.15, 0.2) is 17.3 Å². The molecule has 44 heavy (non-hydrogen) atoms. The van der Waals surface area contributed by atoms with Crippen LogP contribution in [0.3, 0.4) is 0 Å². The molecule has 1 amide bonds. The van der Waals surface area contributed by atoms with Crippen LogP contribution in [0.1, 0.15) is 0 Å². The largest absolute Gasteiger partial charge is 0.493 e. The number of allylic oxidation sites excluding steroid dienone is 1. The van der Waals surface area contributed by atoms with Crippen LogP contribution in [0.15, 0.2) is 95.3 Å². The van der Waals surface area contributed by atoms with Crippen molar-refractivity contribution in [2.24, 2.45) is 0 Å². The summed E-state index contributed by atoms with van der Waals surface area (Å²) in [6.07, 6.45) is 2.74. The predicted molar refractivity (Wildman–Crippen MR) is 157 cm³/mol. The van der Waals surface area contributed by atoms with Crippen molar-refractivity contribution in [3.63, 3.8) is 0 Å². The molecule has 0 bridgehead atoms. The quantitative estimate of drug-likeness (QED) is 0.222. The lowest BCUT2D eigenvalue weighted by atomic mass is 10.2. The monoisotopic (exact) mass is 602 g/mol. The van der Waals surface area contributed by atoms with Crippen molar-refractivity contribution in [3.8, 4) is 34.4 Å². The van der Waals surface area contributed by atoms with E-state index in [0.717, 1.165) is 29.0 Å². The molecular weight excluding hydrogens is 578 g/mol. The number of rotatable bonds is 9. The number of hydrogen-bond donors (Lipinski definition) is 1. The second kappa shape index (κ2) is 12.5. The minimum Gasteiger partial charge on any atom is -0.493 e. The SMILES string of the molecule is C=CCn1cc(OC(=O)Nc2ccc(Oc3ccnc4cc(OC)c(OC)cc34)cc2F)c(=O)n(-c2ccc(F)cc2)c1=O. The molecule has 0 atom stereocenters. The Balaban J connectivity index is 1.38. The van der Waals surface area contributed by atoms with E-state index in [-0.39, 0.29) is 23.7 Å². The molecule has 1 N–H and O–H groups in total. The van der Waals surface area contributed by atoms with Gasteiger partial charge in [0.2, 0.25) is 5.75 Å². The van der Waals surface area contributed by atoms with E-state index < -0.39 is 34.7 Å². The molecule has 5 rings (SSSR count). The average molecular weight is 603 g/mol. The Hall–Kier alpha value is -5.98. The zero-order valence-corrected chi connectivity index (χ0v) is 23.4. The molecule has 0 spiro atoms. The van der Waals surface area contributed by atoms with Crippen LogP contribution >= 0.6 is 0 Å². The van der Waals surface area contributed by atoms with Crippen LogP contribution in [0.4, 0.5) is 19.3 Å². The van der Waals surface area contributed by atoms with Crippen LogP contribution in [-0.4, -0.2) is 34.4 Å². The smallest absolute Gasteiger partial charge is 0.417 e. The fourth-order valence-corrected chi connectivity index (χ4v) is 4.29. The zero-order chi connectivity index (χ0) is 31.4. The maximum atomic E-state index is 15.0. The lowest BCUT2D eigenvalue weighted by Gasteiger charge is -2.14. The van der Waals surface area contributed by atoms with Crippen molar-refractivity contribution in [2.45, 2.75) is 6.54 Å². The van der Waals surface area contributed by atoms with Crippen molar-refractivity contribution in [3.05, 3.63) is 118 Å². The summed E-state index contributed by atoms with van der Waals surface area (Å²) < 4.78 is 52.0. The Kier molecular flexibility index (Phi) is 8.37. The summed E-state index contributed by atoms with van der Waals surface area (Å²) in [6.45, 7) is 3.54. The maximum absolute atomic E-state index is 15.0. The number of ether oxygens (including phenoxy) is 4. The predicted octanol–water partition coefficient (Wildman–Crippen LogP) is 5.43. The fourth-order valence-electron chi connectivity index (χ4n) is 4.29. The van der Waals surface area contributed by atoms with Crippen LogP contribution in [0.25, 0.3) is 16.6 Å². The number of anilines is 1. The molecule has 224 valence electrons. The molecule has 0 saturated carbocycles. The van der Waals surface area contributed by atoms with E-state index in [1.54, 1.807) is 18.2 Å². The number of carbonyl (C=O) groups excluding carboxylic acids is 1. The molecule has 0 unspecified atom stereocenters. The van der Waals surface area contributed by atoms with Gasteiger partial charge >= 0.3 is 17.3 Å². The van der Waals surface area contributed by atoms with E-state index in [1.165, 1.54) is 50.8 Å². The molecule has 0 aliphatic heterocycles. The van der Waals surface area contributed by atoms with Gasteiger partial charge in [0.05, 0.1) is 37.3 Å². The number of pyridine rings is 1. The third kappa shape index (κ3) is 5.97. The Labute approximate surface area is 248 Å². The lowest BCUT2D eigenvalue weighted by Crippen LogP contribution is -2.39. The van der Waals surface area contributed by atoms with Crippen molar-refractivity contribution in [1.82, 2.24) is 14.1 Å². The summed E-state index contributed by atoms with van der Waals surface area (Å²) in [5.74, 6) is -0.570. The summed E-state index contributed by atoms with van der Waals surface area (Å²) in [5.41, 5.74) is -1.42. The van der Waals surface area contributed by atoms with E-state index in [2.05, 4.69) is 16.9 Å². The number of nitrogens with zero attached hydrogens (tertiary/aromatic N) is 3. The highest BCUT2D eigenvalue weighted by molar-refractivity contribution is 5.89. The van der Waals surface area contributed by atoms with E-state index >= 15 is 4.39 Å². The molecule has 0 aliphatic rings. The van der Waals surface area contributed by atoms with Gasteiger partial charge in [-0.2, -0.15) is 0 Å². The first-order chi connectivity index (χ1) is 21.2. The molecular formula is C31H24F2N4O7. The summed E-state index contributed by atoms with van der Waals surface area (Å²) >= 11 is 0. The molecule has 2 heterocycles. The molecule has 5 aromatic rings. The van der Waals surface area contributed by atoms with E-state index in [9.17, 15) is 18.8 Å². The third-order valence-corrected chi connectivity index (χ3v) is 6.35. The third-order valence-electron chi connectivity index (χ3n) is 6.35. The fraction of sp³-hybridized carbons (Fsp3) is 0.0968. The van der Waals surface area contributed by atoms with Gasteiger partial charge in [0.25, 0.3) is 0 Å². The van der Waals surface area contributed by atoms with Crippen LogP contribution in [-0.2, 0) is 6.54 Å². The van der Waals surface area contributed by atoms with Crippen molar-refractivity contribution < 1.29 is 32.5 Å². The van der Waals surface area contributed by atoms with Gasteiger partial charge in [0.1, 0.15) is 17.3 Å². The second-order valence-corrected chi connectivity index (χ2v) is 9.13. The molecule has 11 nitrogen and oxygen atoms in total. The van der Waals surface area contributed by atoms with Gasteiger partial charge in [-0.3, -0.25) is 19.7 Å². The minimum atomic E-state index is -1.20.